The Hall–Kier alpha value is -3.06. The van der Waals surface area contributed by atoms with Crippen LogP contribution in [0.5, 0.6) is 0 Å². The highest BCUT2D eigenvalue weighted by molar-refractivity contribution is 7.14. The Morgan fingerprint density at radius 1 is 1.15 bits per heavy atom. The van der Waals surface area contributed by atoms with Gasteiger partial charge in [-0.05, 0) is 30.7 Å². The van der Waals surface area contributed by atoms with Gasteiger partial charge in [0.05, 0.1) is 11.3 Å². The highest BCUT2D eigenvalue weighted by Gasteiger charge is 2.10. The number of carbonyl (C=O) groups excluding carboxylic acids is 2. The number of nitrogens with one attached hydrogen (secondary N) is 2. The average molecular weight is 366 g/mol. The van der Waals surface area contributed by atoms with Crippen LogP contribution in [-0.2, 0) is 4.79 Å². The summed E-state index contributed by atoms with van der Waals surface area (Å²) >= 11 is 1.38. The quantitative estimate of drug-likeness (QED) is 0.685. The Labute approximate surface area is 155 Å². The Balaban J connectivity index is 1.72. The highest BCUT2D eigenvalue weighted by Crippen LogP contribution is 2.27. The van der Waals surface area contributed by atoms with Gasteiger partial charge in [-0.15, -0.1) is 11.3 Å². The van der Waals surface area contributed by atoms with Gasteiger partial charge in [-0.2, -0.15) is 0 Å². The fourth-order valence-electron chi connectivity index (χ4n) is 2.33. The van der Waals surface area contributed by atoms with Crippen LogP contribution >= 0.6 is 11.3 Å². The molecule has 0 radical (unpaired) electrons. The molecule has 0 spiro atoms. The first-order valence-electron chi connectivity index (χ1n) is 8.23. The Kier molecular flexibility index (Phi) is 5.70. The molecule has 0 saturated heterocycles. The number of amides is 2. The lowest BCUT2D eigenvalue weighted by Gasteiger charge is -2.06. The van der Waals surface area contributed by atoms with Crippen LogP contribution in [0.25, 0.3) is 11.3 Å². The van der Waals surface area contributed by atoms with Crippen LogP contribution in [0.4, 0.5) is 10.8 Å². The first kappa shape index (κ1) is 17.8. The van der Waals surface area contributed by atoms with E-state index in [1.54, 1.807) is 18.3 Å². The summed E-state index contributed by atoms with van der Waals surface area (Å²) in [5.74, 6) is -0.257. The number of anilines is 2. The average Bonchev–Trinajstić information content (AvgIpc) is 3.11. The van der Waals surface area contributed by atoms with Crippen molar-refractivity contribution in [1.29, 1.82) is 0 Å². The smallest absolute Gasteiger partial charge is 0.257 e. The highest BCUT2D eigenvalue weighted by atomic mass is 32.1. The molecular formula is C19H18N4O2S. The van der Waals surface area contributed by atoms with Crippen molar-refractivity contribution in [1.82, 2.24) is 9.97 Å². The summed E-state index contributed by atoms with van der Waals surface area (Å²) in [6.07, 6.45) is 4.41. The summed E-state index contributed by atoms with van der Waals surface area (Å²) < 4.78 is 0. The van der Waals surface area contributed by atoms with E-state index in [4.69, 9.17) is 0 Å². The normalized spacial score (nSPS) is 10.3. The van der Waals surface area contributed by atoms with Crippen molar-refractivity contribution in [2.75, 3.05) is 10.6 Å². The van der Waals surface area contributed by atoms with E-state index >= 15 is 0 Å². The monoisotopic (exact) mass is 366 g/mol. The third kappa shape index (κ3) is 4.52. The zero-order chi connectivity index (χ0) is 18.4. The van der Waals surface area contributed by atoms with E-state index in [-0.39, 0.29) is 11.8 Å². The van der Waals surface area contributed by atoms with E-state index in [0.29, 0.717) is 22.8 Å². The predicted octanol–water partition coefficient (Wildman–Crippen LogP) is 4.20. The Morgan fingerprint density at radius 3 is 2.81 bits per heavy atom. The maximum absolute atomic E-state index is 12.2. The second kappa shape index (κ2) is 8.35. The molecule has 0 atom stereocenters. The topological polar surface area (TPSA) is 84.0 Å². The summed E-state index contributed by atoms with van der Waals surface area (Å²) in [4.78, 5) is 32.3. The van der Waals surface area contributed by atoms with Gasteiger partial charge in [0, 0.05) is 35.4 Å². The number of hydrogen-bond donors (Lipinski definition) is 2. The lowest BCUT2D eigenvalue weighted by molar-refractivity contribution is -0.116. The molecule has 0 aliphatic heterocycles. The minimum absolute atomic E-state index is 0.0362. The number of aromatic nitrogens is 2. The molecule has 26 heavy (non-hydrogen) atoms. The first-order chi connectivity index (χ1) is 12.7. The van der Waals surface area contributed by atoms with Gasteiger partial charge in [0.1, 0.15) is 0 Å². The summed E-state index contributed by atoms with van der Waals surface area (Å²) in [7, 11) is 0. The van der Waals surface area contributed by atoms with Gasteiger partial charge in [-0.1, -0.05) is 19.1 Å². The number of nitrogens with zero attached hydrogens (tertiary/aromatic N) is 2. The van der Waals surface area contributed by atoms with Crippen LogP contribution < -0.4 is 10.6 Å². The second-order valence-corrected chi connectivity index (χ2v) is 6.47. The van der Waals surface area contributed by atoms with Crippen LogP contribution in [0.15, 0.2) is 54.2 Å². The number of pyridine rings is 1. The van der Waals surface area contributed by atoms with Crippen molar-refractivity contribution in [3.8, 4) is 11.3 Å². The molecule has 6 nitrogen and oxygen atoms in total. The van der Waals surface area contributed by atoms with E-state index in [2.05, 4.69) is 20.6 Å². The molecule has 3 aromatic rings. The molecule has 0 aliphatic carbocycles. The summed E-state index contributed by atoms with van der Waals surface area (Å²) in [5.41, 5.74) is 2.77. The summed E-state index contributed by atoms with van der Waals surface area (Å²) in [5, 5.41) is 8.10. The molecule has 0 unspecified atom stereocenters. The van der Waals surface area contributed by atoms with E-state index in [9.17, 15) is 9.59 Å². The predicted molar refractivity (Wildman–Crippen MR) is 103 cm³/mol. The number of carbonyl (C=O) groups is 2. The molecule has 0 fully saturated rings. The lowest BCUT2D eigenvalue weighted by atomic mass is 10.1. The van der Waals surface area contributed by atoms with Crippen molar-refractivity contribution in [2.24, 2.45) is 0 Å². The second-order valence-electron chi connectivity index (χ2n) is 5.61. The molecule has 2 amide bonds. The van der Waals surface area contributed by atoms with Crippen molar-refractivity contribution >= 4 is 34.0 Å². The lowest BCUT2D eigenvalue weighted by Crippen LogP contribution is -2.12. The molecule has 2 heterocycles. The number of benzene rings is 1. The molecule has 132 valence electrons. The Morgan fingerprint density at radius 2 is 2.04 bits per heavy atom. The molecule has 0 saturated carbocycles. The molecule has 3 rings (SSSR count). The van der Waals surface area contributed by atoms with Crippen molar-refractivity contribution in [3.05, 3.63) is 59.7 Å². The summed E-state index contributed by atoms with van der Waals surface area (Å²) in [6, 6.07) is 10.8. The van der Waals surface area contributed by atoms with Crippen LogP contribution in [0.2, 0.25) is 0 Å². The van der Waals surface area contributed by atoms with Gasteiger partial charge in [0.15, 0.2) is 5.13 Å². The first-order valence-corrected chi connectivity index (χ1v) is 9.11. The molecule has 0 bridgehead atoms. The van der Waals surface area contributed by atoms with Gasteiger partial charge in [0.25, 0.3) is 5.91 Å². The minimum atomic E-state index is -0.221. The van der Waals surface area contributed by atoms with Crippen LogP contribution in [0.3, 0.4) is 0 Å². The molecule has 0 aliphatic rings. The van der Waals surface area contributed by atoms with Crippen LogP contribution in [-0.4, -0.2) is 21.8 Å². The van der Waals surface area contributed by atoms with Gasteiger partial charge >= 0.3 is 0 Å². The summed E-state index contributed by atoms with van der Waals surface area (Å²) in [6.45, 7) is 1.96. The fourth-order valence-corrected chi connectivity index (χ4v) is 3.07. The molecule has 2 N–H and O–H groups in total. The number of thiazole rings is 1. The van der Waals surface area contributed by atoms with E-state index < -0.39 is 0 Å². The van der Waals surface area contributed by atoms with Crippen LogP contribution in [0, 0.1) is 0 Å². The fraction of sp³-hybridized carbons (Fsp3) is 0.158. The standard InChI is InChI=1S/C19H18N4O2S/c1-2-5-17(24)23-19-22-16(12-26-19)13-6-3-8-15(10-13)21-18(25)14-7-4-9-20-11-14/h3-4,6-12H,2,5H2,1H3,(H,21,25)(H,22,23,24). The zero-order valence-corrected chi connectivity index (χ0v) is 15.0. The van der Waals surface area contributed by atoms with Gasteiger partial charge < -0.3 is 10.6 Å². The van der Waals surface area contributed by atoms with Crippen molar-refractivity contribution in [2.45, 2.75) is 19.8 Å². The van der Waals surface area contributed by atoms with Crippen LogP contribution in [0.1, 0.15) is 30.1 Å². The SMILES string of the molecule is CCCC(=O)Nc1nc(-c2cccc(NC(=O)c3cccnc3)c2)cs1. The third-order valence-electron chi connectivity index (χ3n) is 3.57. The number of rotatable bonds is 6. The van der Waals surface area contributed by atoms with E-state index in [1.165, 1.54) is 17.5 Å². The molecule has 7 heteroatoms. The Bertz CT molecular complexity index is 909. The molecule has 1 aromatic carbocycles. The largest absolute Gasteiger partial charge is 0.322 e. The maximum atomic E-state index is 12.2. The van der Waals surface area contributed by atoms with Gasteiger partial charge in [0.2, 0.25) is 5.91 Å². The van der Waals surface area contributed by atoms with Crippen molar-refractivity contribution in [3.63, 3.8) is 0 Å². The maximum Gasteiger partial charge on any atom is 0.257 e. The van der Waals surface area contributed by atoms with E-state index in [0.717, 1.165) is 17.7 Å². The van der Waals surface area contributed by atoms with Crippen molar-refractivity contribution < 1.29 is 9.59 Å². The third-order valence-corrected chi connectivity index (χ3v) is 4.33. The number of hydrogen-bond acceptors (Lipinski definition) is 5. The van der Waals surface area contributed by atoms with Gasteiger partial charge in [-0.3, -0.25) is 14.6 Å². The van der Waals surface area contributed by atoms with Gasteiger partial charge in [-0.25, -0.2) is 4.98 Å². The van der Waals surface area contributed by atoms with E-state index in [1.807, 2.05) is 36.6 Å². The molecule has 2 aromatic heterocycles. The molecular weight excluding hydrogens is 348 g/mol. The zero-order valence-electron chi connectivity index (χ0n) is 14.2. The minimum Gasteiger partial charge on any atom is -0.322 e.